The second-order valence-electron chi connectivity index (χ2n) is 7.51. The Morgan fingerprint density at radius 2 is 1.77 bits per heavy atom. The summed E-state index contributed by atoms with van der Waals surface area (Å²) in [6.45, 7) is 2.07. The average Bonchev–Trinajstić information content (AvgIpc) is 3.57. The molecule has 1 amide bonds. The Morgan fingerprint density at radius 1 is 1.07 bits per heavy atom. The maximum Gasteiger partial charge on any atom is 0.241 e. The van der Waals surface area contributed by atoms with Crippen LogP contribution < -0.4 is 15.4 Å². The summed E-state index contributed by atoms with van der Waals surface area (Å²) < 4.78 is 5.99. The maximum atomic E-state index is 12.0. The number of likely N-dealkylation sites (N-methyl/N-ethyl adjacent to an activating group) is 1. The fraction of sp³-hybridized carbons (Fsp3) is 0.391. The highest BCUT2D eigenvalue weighted by molar-refractivity contribution is 14.0. The molecule has 2 aromatic rings. The molecule has 3 rings (SSSR count). The molecule has 30 heavy (non-hydrogen) atoms. The largest absolute Gasteiger partial charge is 0.493 e. The van der Waals surface area contributed by atoms with E-state index >= 15 is 0 Å². The van der Waals surface area contributed by atoms with Crippen LogP contribution in [0.2, 0.25) is 0 Å². The quantitative estimate of drug-likeness (QED) is 0.301. The zero-order valence-electron chi connectivity index (χ0n) is 17.6. The van der Waals surface area contributed by atoms with Crippen molar-refractivity contribution >= 4 is 35.8 Å². The molecule has 0 aliphatic heterocycles. The van der Waals surface area contributed by atoms with Crippen molar-refractivity contribution in [3.8, 4) is 5.75 Å². The molecule has 1 aliphatic rings. The summed E-state index contributed by atoms with van der Waals surface area (Å²) in [5.74, 6) is 2.20. The number of hydrogen-bond acceptors (Lipinski definition) is 3. The van der Waals surface area contributed by atoms with Gasteiger partial charge in [0.2, 0.25) is 5.91 Å². The van der Waals surface area contributed by atoms with Crippen LogP contribution >= 0.6 is 24.0 Å². The van der Waals surface area contributed by atoms with Crippen LogP contribution in [0.3, 0.4) is 0 Å². The van der Waals surface area contributed by atoms with Crippen molar-refractivity contribution in [1.82, 2.24) is 15.5 Å². The monoisotopic (exact) mass is 522 g/mol. The van der Waals surface area contributed by atoms with E-state index in [1.807, 2.05) is 48.5 Å². The van der Waals surface area contributed by atoms with Crippen molar-refractivity contribution in [1.29, 1.82) is 0 Å². The van der Waals surface area contributed by atoms with Crippen LogP contribution in [0.5, 0.6) is 5.75 Å². The standard InChI is InChI=1S/C23H30N4O2.HI/c1-27(2)22(28)16-26-23(24-14-18-8-4-3-5-9-18)25-15-20-10-6-7-11-21(20)29-17-19-12-13-19;/h3-11,19H,12-17H2,1-2H3,(H2,24,25,26);1H. The highest BCUT2D eigenvalue weighted by Crippen LogP contribution is 2.30. The van der Waals surface area contributed by atoms with Gasteiger partial charge in [0.15, 0.2) is 5.96 Å². The molecule has 162 valence electrons. The van der Waals surface area contributed by atoms with Gasteiger partial charge in [-0.15, -0.1) is 24.0 Å². The summed E-state index contributed by atoms with van der Waals surface area (Å²) in [5, 5.41) is 6.46. The molecule has 1 saturated carbocycles. The van der Waals surface area contributed by atoms with Gasteiger partial charge >= 0.3 is 0 Å². The van der Waals surface area contributed by atoms with Gasteiger partial charge in [0, 0.05) is 26.2 Å². The minimum Gasteiger partial charge on any atom is -0.493 e. The predicted octanol–water partition coefficient (Wildman–Crippen LogP) is 3.42. The van der Waals surface area contributed by atoms with E-state index in [2.05, 4.69) is 21.7 Å². The van der Waals surface area contributed by atoms with Crippen molar-refractivity contribution in [3.05, 3.63) is 65.7 Å². The molecule has 0 atom stereocenters. The van der Waals surface area contributed by atoms with Crippen LogP contribution in [0.25, 0.3) is 0 Å². The van der Waals surface area contributed by atoms with Crippen LogP contribution in [-0.4, -0.2) is 44.0 Å². The summed E-state index contributed by atoms with van der Waals surface area (Å²) >= 11 is 0. The number of nitrogens with zero attached hydrogens (tertiary/aromatic N) is 2. The minimum atomic E-state index is -0.00706. The number of aliphatic imine (C=N–C) groups is 1. The molecule has 0 spiro atoms. The zero-order valence-corrected chi connectivity index (χ0v) is 20.0. The first-order valence-corrected chi connectivity index (χ1v) is 10.1. The van der Waals surface area contributed by atoms with E-state index in [1.165, 1.54) is 12.8 Å². The van der Waals surface area contributed by atoms with Crippen LogP contribution in [-0.2, 0) is 17.9 Å². The fourth-order valence-corrected chi connectivity index (χ4v) is 2.71. The first-order valence-electron chi connectivity index (χ1n) is 10.1. The molecule has 1 aliphatic carbocycles. The van der Waals surface area contributed by atoms with Crippen molar-refractivity contribution in [3.63, 3.8) is 0 Å². The van der Waals surface area contributed by atoms with Crippen LogP contribution in [0.4, 0.5) is 0 Å². The predicted molar refractivity (Wildman–Crippen MR) is 131 cm³/mol. The molecule has 2 aromatic carbocycles. The Morgan fingerprint density at radius 3 is 2.47 bits per heavy atom. The zero-order chi connectivity index (χ0) is 20.5. The molecular formula is C23H31IN4O2. The fourth-order valence-electron chi connectivity index (χ4n) is 2.71. The second-order valence-corrected chi connectivity index (χ2v) is 7.51. The molecule has 2 N–H and O–H groups in total. The van der Waals surface area contributed by atoms with Gasteiger partial charge in [-0.2, -0.15) is 0 Å². The van der Waals surface area contributed by atoms with Gasteiger partial charge in [0.05, 0.1) is 19.7 Å². The van der Waals surface area contributed by atoms with Gasteiger partial charge in [-0.05, 0) is 30.4 Å². The van der Waals surface area contributed by atoms with Gasteiger partial charge < -0.3 is 20.3 Å². The van der Waals surface area contributed by atoms with E-state index in [9.17, 15) is 4.79 Å². The summed E-state index contributed by atoms with van der Waals surface area (Å²) in [6.07, 6.45) is 2.53. The summed E-state index contributed by atoms with van der Waals surface area (Å²) in [4.78, 5) is 18.2. The number of amides is 1. The number of halogens is 1. The Bertz CT molecular complexity index is 823. The number of para-hydroxylation sites is 1. The lowest BCUT2D eigenvalue weighted by atomic mass is 10.2. The molecule has 0 heterocycles. The van der Waals surface area contributed by atoms with E-state index in [-0.39, 0.29) is 36.4 Å². The Hall–Kier alpha value is -2.29. The topological polar surface area (TPSA) is 66.0 Å². The van der Waals surface area contributed by atoms with E-state index < -0.39 is 0 Å². The summed E-state index contributed by atoms with van der Waals surface area (Å²) in [5.41, 5.74) is 2.18. The molecule has 7 heteroatoms. The Kier molecular flexibility index (Phi) is 9.93. The Labute approximate surface area is 196 Å². The second kappa shape index (κ2) is 12.4. The third-order valence-electron chi connectivity index (χ3n) is 4.76. The van der Waals surface area contributed by atoms with Crippen molar-refractivity contribution < 1.29 is 9.53 Å². The summed E-state index contributed by atoms with van der Waals surface area (Å²) in [7, 11) is 3.48. The number of carbonyl (C=O) groups excluding carboxylic acids is 1. The molecule has 0 saturated heterocycles. The average molecular weight is 522 g/mol. The number of rotatable bonds is 9. The van der Waals surface area contributed by atoms with Crippen molar-refractivity contribution in [2.75, 3.05) is 27.2 Å². The molecule has 0 radical (unpaired) electrons. The first-order chi connectivity index (χ1) is 14.1. The van der Waals surface area contributed by atoms with Gasteiger partial charge in [-0.25, -0.2) is 4.99 Å². The third kappa shape index (κ3) is 8.22. The molecule has 0 unspecified atom stereocenters. The number of hydrogen-bond donors (Lipinski definition) is 2. The van der Waals surface area contributed by atoms with Crippen LogP contribution in [0, 0.1) is 5.92 Å². The van der Waals surface area contributed by atoms with E-state index in [1.54, 1.807) is 19.0 Å². The molecule has 0 aromatic heterocycles. The number of nitrogens with one attached hydrogen (secondary N) is 2. The number of carbonyl (C=O) groups is 1. The van der Waals surface area contributed by atoms with Crippen molar-refractivity contribution in [2.45, 2.75) is 25.9 Å². The summed E-state index contributed by atoms with van der Waals surface area (Å²) in [6, 6.07) is 18.1. The van der Waals surface area contributed by atoms with Crippen LogP contribution in [0.15, 0.2) is 59.6 Å². The van der Waals surface area contributed by atoms with E-state index in [0.717, 1.165) is 23.5 Å². The molecule has 1 fully saturated rings. The molecule has 6 nitrogen and oxygen atoms in total. The normalized spacial score (nSPS) is 13.2. The third-order valence-corrected chi connectivity index (χ3v) is 4.76. The van der Waals surface area contributed by atoms with Gasteiger partial charge in [-0.1, -0.05) is 48.5 Å². The smallest absolute Gasteiger partial charge is 0.241 e. The number of guanidine groups is 1. The minimum absolute atomic E-state index is 0. The Balaban J connectivity index is 0.00000320. The lowest BCUT2D eigenvalue weighted by molar-refractivity contribution is -0.127. The lowest BCUT2D eigenvalue weighted by Gasteiger charge is -2.16. The van der Waals surface area contributed by atoms with Gasteiger partial charge in [-0.3, -0.25) is 4.79 Å². The molecular weight excluding hydrogens is 491 g/mol. The van der Waals surface area contributed by atoms with E-state index in [0.29, 0.717) is 25.0 Å². The van der Waals surface area contributed by atoms with Gasteiger partial charge in [0.1, 0.15) is 5.75 Å². The van der Waals surface area contributed by atoms with Crippen LogP contribution in [0.1, 0.15) is 24.0 Å². The van der Waals surface area contributed by atoms with E-state index in [4.69, 9.17) is 4.74 Å². The lowest BCUT2D eigenvalue weighted by Crippen LogP contribution is -2.42. The first kappa shape index (κ1) is 24.0. The van der Waals surface area contributed by atoms with Crippen molar-refractivity contribution in [2.24, 2.45) is 10.9 Å². The molecule has 0 bridgehead atoms. The number of ether oxygens (including phenoxy) is 1. The highest BCUT2D eigenvalue weighted by atomic mass is 127. The van der Waals surface area contributed by atoms with Gasteiger partial charge in [0.25, 0.3) is 0 Å². The maximum absolute atomic E-state index is 12.0. The highest BCUT2D eigenvalue weighted by Gasteiger charge is 2.22. The number of benzene rings is 2. The SMILES string of the molecule is CN(C)C(=O)CNC(=NCc1ccccc1)NCc1ccccc1OCC1CC1.I.